The quantitative estimate of drug-likeness (QED) is 0.115. The first-order valence-corrected chi connectivity index (χ1v) is 30.8. The number of alkyl halides is 4. The van der Waals surface area contributed by atoms with Crippen LogP contribution in [0.15, 0.2) is 36.0 Å². The van der Waals surface area contributed by atoms with Crippen LogP contribution in [0.3, 0.4) is 0 Å². The fraction of sp³-hybridized carbons (Fsp3) is 0.860. The number of nitrogens with one attached hydrogen (secondary N) is 1. The van der Waals surface area contributed by atoms with E-state index >= 15 is 0 Å². The van der Waals surface area contributed by atoms with Gasteiger partial charge in [0.15, 0.2) is 0 Å². The molecule has 0 aromatic heterocycles. The summed E-state index contributed by atoms with van der Waals surface area (Å²) in [7, 11) is -0.522. The van der Waals surface area contributed by atoms with Gasteiger partial charge in [-0.2, -0.15) is 23.7 Å². The molecule has 12 heteroatoms. The zero-order valence-electron chi connectivity index (χ0n) is 45.9. The first-order chi connectivity index (χ1) is 32.8. The fourth-order valence-electron chi connectivity index (χ4n) is 14.3. The van der Waals surface area contributed by atoms with Crippen LogP contribution in [0.5, 0.6) is 0 Å². The molecule has 0 amide bonds. The zero-order valence-corrected chi connectivity index (χ0v) is 47.5. The number of nitrogens with zero attached hydrogens (tertiary/aromatic N) is 2. The van der Waals surface area contributed by atoms with E-state index in [0.717, 1.165) is 87.5 Å². The largest absolute Gasteiger partial charge is 0.483 e. The van der Waals surface area contributed by atoms with Gasteiger partial charge in [-0.05, 0) is 154 Å². The molecular weight excluding hydrogens is 915 g/mol. The van der Waals surface area contributed by atoms with Gasteiger partial charge in [-0.25, -0.2) is 4.39 Å². The smallest absolute Gasteiger partial charge is 0.405 e. The monoisotopic (exact) mass is 1020 g/mol. The Bertz CT molecular complexity index is 1600. The lowest BCUT2D eigenvalue weighted by atomic mass is 9.38. The Balaban J connectivity index is 0.000000568. The molecule has 0 aromatic rings. The molecule has 4 saturated carbocycles. The van der Waals surface area contributed by atoms with Crippen LogP contribution in [0.2, 0.25) is 0 Å². The molecule has 6 nitrogen and oxygen atoms in total. The lowest BCUT2D eigenvalue weighted by Gasteiger charge is -2.67. The standard InChI is InChI=1S/C39H61F3N2S.C7H14FNOS.C3H8.C3H6.2C2H6.CH2O2/c1-26-8-10-28(11-9-26)29-14-18-36(3)31(27(29)2)15-19-37(4)32-16-20-38(17-6-7-33(38)30(32)12-13-34(36)37)43-35(39(40,41)42)25-44-21-23-45(5)24-22-44;1-7(8)6-9-2-4-11(10)5-3-9;2*1-3-2;2*1-2;2-1-3/h10,14,26-27,30-35,43H,5-9,11-13,15-25H2,1-4H3;7H,2-6H2,1H3;3H2,1-2H3;3H,1H2,2H3;2*1-2H3;1H,(H,2,3). The van der Waals surface area contributed by atoms with Crippen molar-refractivity contribution >= 4 is 33.6 Å². The van der Waals surface area contributed by atoms with E-state index in [1.807, 2.05) is 39.5 Å². The van der Waals surface area contributed by atoms with Crippen LogP contribution in [0.25, 0.3) is 0 Å². The molecule has 69 heavy (non-hydrogen) atoms. The third-order valence-corrected chi connectivity index (χ3v) is 20.0. The number of carbonyl (C=O) groups is 1. The minimum Gasteiger partial charge on any atom is -0.483 e. The molecule has 8 rings (SSSR count). The topological polar surface area (TPSA) is 72.9 Å². The molecule has 0 aromatic carbocycles. The van der Waals surface area contributed by atoms with E-state index < -0.39 is 29.2 Å². The molecule has 0 bridgehead atoms. The van der Waals surface area contributed by atoms with Crippen molar-refractivity contribution in [3.8, 4) is 0 Å². The van der Waals surface area contributed by atoms with Crippen molar-refractivity contribution in [3.63, 3.8) is 0 Å². The van der Waals surface area contributed by atoms with Gasteiger partial charge in [-0.1, -0.05) is 106 Å². The average Bonchev–Trinajstić information content (AvgIpc) is 3.74. The van der Waals surface area contributed by atoms with Crippen LogP contribution in [-0.4, -0.2) is 118 Å². The van der Waals surface area contributed by atoms with Crippen molar-refractivity contribution < 1.29 is 31.7 Å². The number of hydrogen-bond donors (Lipinski definition) is 2. The molecule has 6 aliphatic carbocycles. The highest BCUT2D eigenvalue weighted by atomic mass is 32.2. The van der Waals surface area contributed by atoms with Crippen molar-refractivity contribution in [2.24, 2.45) is 52.3 Å². The summed E-state index contributed by atoms with van der Waals surface area (Å²) in [6, 6.07) is -1.42. The van der Waals surface area contributed by atoms with E-state index in [0.29, 0.717) is 52.6 Å². The summed E-state index contributed by atoms with van der Waals surface area (Å²) < 4.78 is 67.3. The summed E-state index contributed by atoms with van der Waals surface area (Å²) in [5.41, 5.74) is 3.66. The molecule has 0 spiro atoms. The highest BCUT2D eigenvalue weighted by Gasteiger charge is 2.65. The minimum absolute atomic E-state index is 0.104. The maximum Gasteiger partial charge on any atom is 0.405 e. The zero-order chi connectivity index (χ0) is 52.2. The van der Waals surface area contributed by atoms with Gasteiger partial charge in [0.25, 0.3) is 6.47 Å². The number of rotatable bonds is 7. The van der Waals surface area contributed by atoms with Gasteiger partial charge in [-0.15, -0.1) is 6.58 Å². The summed E-state index contributed by atoms with van der Waals surface area (Å²) in [6.45, 7) is 32.7. The number of fused-ring (bicyclic) bond motifs is 7. The fourth-order valence-corrected chi connectivity index (χ4v) is 16.7. The highest BCUT2D eigenvalue weighted by Crippen LogP contribution is 2.71. The van der Waals surface area contributed by atoms with Crippen LogP contribution in [0, 0.1) is 52.3 Å². The molecule has 2 heterocycles. The van der Waals surface area contributed by atoms with E-state index in [1.54, 1.807) is 24.1 Å². The number of hydrogen-bond acceptors (Lipinski definition) is 5. The molecule has 6 fully saturated rings. The van der Waals surface area contributed by atoms with Crippen molar-refractivity contribution in [2.45, 2.75) is 197 Å². The second kappa shape index (κ2) is 30.8. The molecule has 2 aliphatic heterocycles. The van der Waals surface area contributed by atoms with Gasteiger partial charge in [-0.3, -0.25) is 24.1 Å². The Morgan fingerprint density at radius 1 is 0.855 bits per heavy atom. The molecule has 12 atom stereocenters. The Morgan fingerprint density at radius 3 is 1.94 bits per heavy atom. The number of carboxylic acid groups (broad SMARTS) is 1. The van der Waals surface area contributed by atoms with Crippen LogP contribution in [0.1, 0.15) is 173 Å². The second-order valence-corrected chi connectivity index (χ2v) is 25.5. The lowest BCUT2D eigenvalue weighted by Crippen LogP contribution is -2.66. The number of halogens is 4. The van der Waals surface area contributed by atoms with E-state index in [2.05, 4.69) is 76.4 Å². The van der Waals surface area contributed by atoms with Gasteiger partial charge in [0, 0.05) is 78.6 Å². The lowest BCUT2D eigenvalue weighted by molar-refractivity contribution is -0.183. The SMILES string of the molecule is C=CC.C=S1CCN(CC(NC23CCCC2C2CCC4C5(C)CC=C(C6=CCC(C)CC6)C(C)C5CCC4(C)C2CC3)C(F)(F)F)CC1.CC.CC.CC(F)CN1CCS(=O)CC1.CCC.O=CO. The van der Waals surface area contributed by atoms with Crippen molar-refractivity contribution in [1.29, 1.82) is 0 Å². The first-order valence-electron chi connectivity index (χ1n) is 27.6. The normalized spacial score (nSPS) is 35.3. The molecule has 404 valence electrons. The predicted octanol–water partition coefficient (Wildman–Crippen LogP) is 14.4. The van der Waals surface area contributed by atoms with E-state index in [9.17, 15) is 21.8 Å². The van der Waals surface area contributed by atoms with Crippen LogP contribution < -0.4 is 5.32 Å². The Kier molecular flexibility index (Phi) is 28.4. The summed E-state index contributed by atoms with van der Waals surface area (Å²) in [5, 5.41) is 10.3. The van der Waals surface area contributed by atoms with Gasteiger partial charge in [0.1, 0.15) is 12.2 Å². The highest BCUT2D eigenvalue weighted by molar-refractivity contribution is 8.14. The van der Waals surface area contributed by atoms with Gasteiger partial charge >= 0.3 is 6.18 Å². The maximum atomic E-state index is 14.7. The van der Waals surface area contributed by atoms with Gasteiger partial charge in [0.2, 0.25) is 0 Å². The second-order valence-electron chi connectivity index (χ2n) is 21.7. The minimum atomic E-state index is -4.21. The molecule has 8 aliphatic rings. The third kappa shape index (κ3) is 17.1. The average molecular weight is 1020 g/mol. The summed E-state index contributed by atoms with van der Waals surface area (Å²) in [5.74, 6) is 12.1. The van der Waals surface area contributed by atoms with Crippen molar-refractivity contribution in [1.82, 2.24) is 15.1 Å². The van der Waals surface area contributed by atoms with Crippen LogP contribution in [-0.2, 0) is 15.6 Å². The number of allylic oxidation sites excluding steroid dienone is 5. The maximum absolute atomic E-state index is 14.7. The van der Waals surface area contributed by atoms with Gasteiger partial charge in [0.05, 0.1) is 0 Å². The Morgan fingerprint density at radius 2 is 1.41 bits per heavy atom. The molecule has 0 radical (unpaired) electrons. The Labute approximate surface area is 425 Å². The van der Waals surface area contributed by atoms with E-state index in [-0.39, 0.29) is 29.0 Å². The molecular formula is C57H103F4N3O3S2. The molecule has 2 N–H and O–H groups in total. The van der Waals surface area contributed by atoms with E-state index in [1.165, 1.54) is 57.8 Å². The third-order valence-electron chi connectivity index (χ3n) is 17.2. The van der Waals surface area contributed by atoms with Crippen LogP contribution in [0.4, 0.5) is 17.6 Å². The van der Waals surface area contributed by atoms with Crippen molar-refractivity contribution in [2.75, 3.05) is 62.3 Å². The molecule has 2 saturated heterocycles. The summed E-state index contributed by atoms with van der Waals surface area (Å²) in [6.07, 6.45) is 18.6. The van der Waals surface area contributed by atoms with Gasteiger partial charge < -0.3 is 5.11 Å². The summed E-state index contributed by atoms with van der Waals surface area (Å²) in [4.78, 5) is 12.5. The van der Waals surface area contributed by atoms with Crippen molar-refractivity contribution in [3.05, 3.63) is 36.0 Å². The van der Waals surface area contributed by atoms with E-state index in [4.69, 9.17) is 9.90 Å². The first kappa shape index (κ1) is 63.8. The predicted molar refractivity (Wildman–Crippen MR) is 293 cm³/mol. The van der Waals surface area contributed by atoms with Crippen LogP contribution >= 0.6 is 10.5 Å². The summed E-state index contributed by atoms with van der Waals surface area (Å²) >= 11 is 0. The molecule has 12 unspecified atom stereocenters. The Hall–Kier alpha value is -1.34.